The summed E-state index contributed by atoms with van der Waals surface area (Å²) in [5.41, 5.74) is 6.77. The second kappa shape index (κ2) is 5.06. The SMILES string of the molecule is CC1SCCN(Cc2cccc(N)n2)C1C. The van der Waals surface area contributed by atoms with Gasteiger partial charge >= 0.3 is 0 Å². The Hall–Kier alpha value is -0.740. The molecule has 2 atom stereocenters. The molecule has 1 aliphatic rings. The van der Waals surface area contributed by atoms with Crippen LogP contribution in [0.4, 0.5) is 5.82 Å². The summed E-state index contributed by atoms with van der Waals surface area (Å²) in [6.07, 6.45) is 0. The van der Waals surface area contributed by atoms with Crippen LogP contribution in [-0.2, 0) is 6.54 Å². The lowest BCUT2D eigenvalue weighted by atomic mass is 10.2. The molecular weight excluding hydrogens is 218 g/mol. The van der Waals surface area contributed by atoms with Gasteiger partial charge in [-0.1, -0.05) is 13.0 Å². The zero-order valence-electron chi connectivity index (χ0n) is 9.89. The van der Waals surface area contributed by atoms with E-state index in [-0.39, 0.29) is 0 Å². The van der Waals surface area contributed by atoms with Gasteiger partial charge in [-0.25, -0.2) is 4.98 Å². The van der Waals surface area contributed by atoms with Crippen molar-refractivity contribution < 1.29 is 0 Å². The summed E-state index contributed by atoms with van der Waals surface area (Å²) in [7, 11) is 0. The number of nitrogens with zero attached hydrogens (tertiary/aromatic N) is 2. The van der Waals surface area contributed by atoms with Gasteiger partial charge in [-0.3, -0.25) is 4.90 Å². The van der Waals surface area contributed by atoms with Crippen LogP contribution in [0.5, 0.6) is 0 Å². The van der Waals surface area contributed by atoms with Crippen LogP contribution in [0.15, 0.2) is 18.2 Å². The first kappa shape index (κ1) is 11.7. The maximum absolute atomic E-state index is 5.69. The summed E-state index contributed by atoms with van der Waals surface area (Å²) < 4.78 is 0. The van der Waals surface area contributed by atoms with Crippen molar-refractivity contribution in [3.8, 4) is 0 Å². The number of hydrogen-bond acceptors (Lipinski definition) is 4. The zero-order chi connectivity index (χ0) is 11.5. The highest BCUT2D eigenvalue weighted by molar-refractivity contribution is 8.00. The minimum Gasteiger partial charge on any atom is -0.384 e. The molecule has 0 saturated carbocycles. The highest BCUT2D eigenvalue weighted by Gasteiger charge is 2.25. The molecule has 0 amide bonds. The van der Waals surface area contributed by atoms with E-state index < -0.39 is 0 Å². The first-order chi connectivity index (χ1) is 7.66. The Morgan fingerprint density at radius 3 is 3.06 bits per heavy atom. The molecule has 2 N–H and O–H groups in total. The molecule has 2 heterocycles. The number of hydrogen-bond donors (Lipinski definition) is 1. The fourth-order valence-electron chi connectivity index (χ4n) is 2.01. The van der Waals surface area contributed by atoms with E-state index in [1.54, 1.807) is 0 Å². The normalized spacial score (nSPS) is 26.9. The van der Waals surface area contributed by atoms with Crippen molar-refractivity contribution >= 4 is 17.6 Å². The van der Waals surface area contributed by atoms with Gasteiger partial charge in [-0.05, 0) is 19.1 Å². The minimum atomic E-state index is 0.613. The van der Waals surface area contributed by atoms with Gasteiger partial charge in [0.05, 0.1) is 5.69 Å². The standard InChI is InChI=1S/C12H19N3S/c1-9-10(2)16-7-6-15(9)8-11-4-3-5-12(13)14-11/h3-5,9-10H,6-8H2,1-2H3,(H2,13,14). The molecule has 1 aromatic heterocycles. The molecule has 0 bridgehead atoms. The third kappa shape index (κ3) is 2.68. The fraction of sp³-hybridized carbons (Fsp3) is 0.583. The minimum absolute atomic E-state index is 0.613. The van der Waals surface area contributed by atoms with Crippen molar-refractivity contribution in [2.24, 2.45) is 0 Å². The topological polar surface area (TPSA) is 42.1 Å². The van der Waals surface area contributed by atoms with E-state index in [1.165, 1.54) is 5.75 Å². The lowest BCUT2D eigenvalue weighted by molar-refractivity contribution is 0.202. The number of nitrogens with two attached hydrogens (primary N) is 1. The van der Waals surface area contributed by atoms with E-state index in [9.17, 15) is 0 Å². The summed E-state index contributed by atoms with van der Waals surface area (Å²) in [6, 6.07) is 6.48. The largest absolute Gasteiger partial charge is 0.384 e. The zero-order valence-corrected chi connectivity index (χ0v) is 10.7. The molecule has 0 radical (unpaired) electrons. The molecule has 4 heteroatoms. The van der Waals surface area contributed by atoms with E-state index in [4.69, 9.17) is 5.73 Å². The second-order valence-corrected chi connectivity index (χ2v) is 5.83. The number of nitrogen functional groups attached to an aromatic ring is 1. The summed E-state index contributed by atoms with van der Waals surface area (Å²) in [6.45, 7) is 6.65. The summed E-state index contributed by atoms with van der Waals surface area (Å²) in [4.78, 5) is 6.85. The van der Waals surface area contributed by atoms with Crippen molar-refractivity contribution in [1.82, 2.24) is 9.88 Å². The smallest absolute Gasteiger partial charge is 0.123 e. The lowest BCUT2D eigenvalue weighted by Crippen LogP contribution is -2.44. The monoisotopic (exact) mass is 237 g/mol. The Bertz CT molecular complexity index is 356. The van der Waals surface area contributed by atoms with Gasteiger partial charge in [-0.15, -0.1) is 0 Å². The summed E-state index contributed by atoms with van der Waals surface area (Å²) in [5.74, 6) is 1.83. The van der Waals surface area contributed by atoms with Crippen molar-refractivity contribution in [3.63, 3.8) is 0 Å². The fourth-order valence-corrected chi connectivity index (χ4v) is 3.18. The quantitative estimate of drug-likeness (QED) is 0.854. The molecule has 0 aliphatic carbocycles. The number of pyridine rings is 1. The van der Waals surface area contributed by atoms with Gasteiger partial charge in [0.2, 0.25) is 0 Å². The number of rotatable bonds is 2. The Morgan fingerprint density at radius 2 is 2.31 bits per heavy atom. The van der Waals surface area contributed by atoms with Gasteiger partial charge in [-0.2, -0.15) is 11.8 Å². The Balaban J connectivity index is 2.03. The molecule has 1 saturated heterocycles. The van der Waals surface area contributed by atoms with Crippen molar-refractivity contribution in [2.75, 3.05) is 18.0 Å². The molecule has 3 nitrogen and oxygen atoms in total. The molecule has 16 heavy (non-hydrogen) atoms. The maximum atomic E-state index is 5.69. The molecule has 0 aromatic carbocycles. The molecule has 2 rings (SSSR count). The van der Waals surface area contributed by atoms with Gasteiger partial charge in [0.1, 0.15) is 5.82 Å². The summed E-state index contributed by atoms with van der Waals surface area (Å²) in [5, 5.41) is 0.704. The maximum Gasteiger partial charge on any atom is 0.123 e. The highest BCUT2D eigenvalue weighted by atomic mass is 32.2. The average Bonchev–Trinajstić information content (AvgIpc) is 2.25. The van der Waals surface area contributed by atoms with E-state index in [2.05, 4.69) is 41.6 Å². The van der Waals surface area contributed by atoms with Crippen LogP contribution in [0.3, 0.4) is 0 Å². The van der Waals surface area contributed by atoms with E-state index in [0.717, 1.165) is 18.8 Å². The van der Waals surface area contributed by atoms with Crippen molar-refractivity contribution in [3.05, 3.63) is 23.9 Å². The number of thioether (sulfide) groups is 1. The van der Waals surface area contributed by atoms with Crippen LogP contribution in [0.2, 0.25) is 0 Å². The first-order valence-corrected chi connectivity index (χ1v) is 6.79. The predicted octanol–water partition coefficient (Wildman–Crippen LogP) is 1.99. The molecule has 1 aliphatic heterocycles. The van der Waals surface area contributed by atoms with Crippen LogP contribution in [-0.4, -0.2) is 33.5 Å². The highest BCUT2D eigenvalue weighted by Crippen LogP contribution is 2.25. The van der Waals surface area contributed by atoms with Crippen LogP contribution in [0.1, 0.15) is 19.5 Å². The Kier molecular flexibility index (Phi) is 3.71. The van der Waals surface area contributed by atoms with Gasteiger partial charge in [0.25, 0.3) is 0 Å². The number of aromatic nitrogens is 1. The van der Waals surface area contributed by atoms with Crippen LogP contribution < -0.4 is 5.73 Å². The Morgan fingerprint density at radius 1 is 1.50 bits per heavy atom. The van der Waals surface area contributed by atoms with Gasteiger partial charge in [0, 0.05) is 30.1 Å². The molecule has 88 valence electrons. The van der Waals surface area contributed by atoms with Crippen molar-refractivity contribution in [2.45, 2.75) is 31.7 Å². The van der Waals surface area contributed by atoms with Gasteiger partial charge in [0.15, 0.2) is 0 Å². The first-order valence-electron chi connectivity index (χ1n) is 5.74. The van der Waals surface area contributed by atoms with E-state index in [1.807, 2.05) is 12.1 Å². The van der Waals surface area contributed by atoms with E-state index >= 15 is 0 Å². The molecule has 1 aromatic rings. The molecule has 0 spiro atoms. The van der Waals surface area contributed by atoms with Gasteiger partial charge < -0.3 is 5.73 Å². The van der Waals surface area contributed by atoms with E-state index in [0.29, 0.717) is 17.1 Å². The van der Waals surface area contributed by atoms with Crippen molar-refractivity contribution in [1.29, 1.82) is 0 Å². The average molecular weight is 237 g/mol. The lowest BCUT2D eigenvalue weighted by Gasteiger charge is -2.37. The van der Waals surface area contributed by atoms with Crippen LogP contribution in [0.25, 0.3) is 0 Å². The number of anilines is 1. The second-order valence-electron chi connectivity index (χ2n) is 4.34. The van der Waals surface area contributed by atoms with Crippen LogP contribution in [0, 0.1) is 0 Å². The predicted molar refractivity (Wildman–Crippen MR) is 70.4 cm³/mol. The molecule has 2 unspecified atom stereocenters. The molecule has 1 fully saturated rings. The third-order valence-electron chi connectivity index (χ3n) is 3.21. The summed E-state index contributed by atoms with van der Waals surface area (Å²) >= 11 is 2.06. The molecular formula is C12H19N3S. The third-order valence-corrected chi connectivity index (χ3v) is 4.55. The van der Waals surface area contributed by atoms with Crippen LogP contribution >= 0.6 is 11.8 Å². The Labute approximate surface area is 101 Å².